The molecular formula is C23H18BrN5O2S2. The number of thioether (sulfide) groups is 1. The largest absolute Gasteiger partial charge is 0.353 e. The number of nitrogens with zero attached hydrogens (tertiary/aromatic N) is 3. The van der Waals surface area contributed by atoms with Crippen LogP contribution in [-0.4, -0.2) is 27.4 Å². The van der Waals surface area contributed by atoms with Crippen molar-refractivity contribution in [1.29, 1.82) is 5.26 Å². The minimum Gasteiger partial charge on any atom is -0.353 e. The Morgan fingerprint density at radius 1 is 1.36 bits per heavy atom. The van der Waals surface area contributed by atoms with Crippen molar-refractivity contribution in [3.05, 3.63) is 74.6 Å². The molecule has 0 radical (unpaired) electrons. The summed E-state index contributed by atoms with van der Waals surface area (Å²) in [7, 11) is 0. The summed E-state index contributed by atoms with van der Waals surface area (Å²) in [4.78, 5) is 33.6. The molecule has 1 aliphatic heterocycles. The van der Waals surface area contributed by atoms with E-state index in [1.54, 1.807) is 25.4 Å². The number of benzene rings is 1. The van der Waals surface area contributed by atoms with Crippen molar-refractivity contribution < 1.29 is 9.59 Å². The number of dihydropyridines is 1. The number of thiazole rings is 1. The highest BCUT2D eigenvalue weighted by atomic mass is 79.9. The summed E-state index contributed by atoms with van der Waals surface area (Å²) < 4.78 is 1.91. The monoisotopic (exact) mass is 539 g/mol. The van der Waals surface area contributed by atoms with Crippen molar-refractivity contribution in [2.24, 2.45) is 0 Å². The molecule has 3 aromatic rings. The number of allylic oxidation sites excluding steroid dienone is 3. The van der Waals surface area contributed by atoms with Gasteiger partial charge >= 0.3 is 0 Å². The van der Waals surface area contributed by atoms with Crippen LogP contribution < -0.4 is 10.6 Å². The molecule has 0 fully saturated rings. The fourth-order valence-electron chi connectivity index (χ4n) is 3.62. The summed E-state index contributed by atoms with van der Waals surface area (Å²) in [5.74, 6) is -0.807. The van der Waals surface area contributed by atoms with Crippen molar-refractivity contribution in [3.8, 4) is 6.07 Å². The number of nitriles is 1. The number of halogens is 1. The van der Waals surface area contributed by atoms with E-state index in [1.807, 2.05) is 24.3 Å². The second-order valence-corrected chi connectivity index (χ2v) is 10.2. The van der Waals surface area contributed by atoms with Crippen molar-refractivity contribution in [2.45, 2.75) is 19.8 Å². The Morgan fingerprint density at radius 3 is 2.88 bits per heavy atom. The van der Waals surface area contributed by atoms with Crippen LogP contribution in [0.15, 0.2) is 69.1 Å². The molecule has 0 aliphatic carbocycles. The molecule has 2 aromatic heterocycles. The number of Topliss-reactive ketones (excluding diaryl/α,β-unsaturated/α-hetero) is 1. The van der Waals surface area contributed by atoms with E-state index >= 15 is 0 Å². The minimum absolute atomic E-state index is 0.0789. The fourth-order valence-corrected chi connectivity index (χ4v) is 5.94. The van der Waals surface area contributed by atoms with Gasteiger partial charge in [-0.2, -0.15) is 5.26 Å². The van der Waals surface area contributed by atoms with Gasteiger partial charge in [-0.15, -0.1) is 0 Å². The number of amides is 1. The van der Waals surface area contributed by atoms with E-state index in [0.29, 0.717) is 27.0 Å². The second kappa shape index (κ2) is 9.87. The standard InChI is InChI=1S/C23H18BrN5O2S2/c1-12-20(13(2)30)21(14-4-3-7-26-10-14)16(9-25)22(27-12)32-11-19(31)29-23-28-17-6-5-15(24)8-18(17)33-23/h3-8,10,21,27H,11H2,1-2H3,(H,28,29,31). The molecule has 1 unspecified atom stereocenters. The van der Waals surface area contributed by atoms with Gasteiger partial charge in [-0.25, -0.2) is 4.98 Å². The third-order valence-electron chi connectivity index (χ3n) is 4.99. The van der Waals surface area contributed by atoms with Gasteiger partial charge in [-0.3, -0.25) is 14.6 Å². The first kappa shape index (κ1) is 23.2. The van der Waals surface area contributed by atoms with Crippen molar-refractivity contribution in [1.82, 2.24) is 15.3 Å². The number of hydrogen-bond donors (Lipinski definition) is 2. The maximum Gasteiger partial charge on any atom is 0.236 e. The molecule has 0 saturated carbocycles. The van der Waals surface area contributed by atoms with Gasteiger partial charge in [0.2, 0.25) is 5.91 Å². The highest BCUT2D eigenvalue weighted by Gasteiger charge is 2.33. The first-order valence-corrected chi connectivity index (χ1v) is 12.5. The molecule has 7 nitrogen and oxygen atoms in total. The van der Waals surface area contributed by atoms with E-state index in [2.05, 4.69) is 42.6 Å². The van der Waals surface area contributed by atoms with Crippen LogP contribution >= 0.6 is 39.0 Å². The number of carbonyl (C=O) groups is 2. The Labute approximate surface area is 207 Å². The lowest BCUT2D eigenvalue weighted by Crippen LogP contribution is -2.27. The number of pyridine rings is 1. The van der Waals surface area contributed by atoms with Crippen LogP contribution in [0.5, 0.6) is 0 Å². The predicted octanol–water partition coefficient (Wildman–Crippen LogP) is 5.11. The first-order chi connectivity index (χ1) is 15.9. The average Bonchev–Trinajstić information content (AvgIpc) is 3.18. The molecule has 3 heterocycles. The highest BCUT2D eigenvalue weighted by molar-refractivity contribution is 9.10. The summed E-state index contributed by atoms with van der Waals surface area (Å²) in [6.07, 6.45) is 3.30. The Balaban J connectivity index is 1.55. The van der Waals surface area contributed by atoms with E-state index in [4.69, 9.17) is 0 Å². The summed E-state index contributed by atoms with van der Waals surface area (Å²) in [5.41, 5.74) is 3.14. The zero-order valence-electron chi connectivity index (χ0n) is 17.7. The van der Waals surface area contributed by atoms with Crippen LogP contribution in [0.3, 0.4) is 0 Å². The topological polar surface area (TPSA) is 108 Å². The van der Waals surface area contributed by atoms with Crippen LogP contribution in [0.1, 0.15) is 25.3 Å². The van der Waals surface area contributed by atoms with Gasteiger partial charge in [0.05, 0.1) is 38.6 Å². The molecule has 1 atom stereocenters. The summed E-state index contributed by atoms with van der Waals surface area (Å²) >= 11 is 6.05. The van der Waals surface area contributed by atoms with Crippen LogP contribution in [0.2, 0.25) is 0 Å². The molecule has 0 saturated heterocycles. The zero-order chi connectivity index (χ0) is 23.5. The Bertz CT molecular complexity index is 1360. The normalized spacial score (nSPS) is 15.9. The average molecular weight is 540 g/mol. The SMILES string of the molecule is CC(=O)C1=C(C)NC(SCC(=O)Nc2nc3ccc(Br)cc3s2)=C(C#N)C1c1cccnc1. The smallest absolute Gasteiger partial charge is 0.236 e. The van der Waals surface area contributed by atoms with Crippen LogP contribution in [0, 0.1) is 11.3 Å². The number of ketones is 1. The van der Waals surface area contributed by atoms with Gasteiger partial charge in [-0.05, 0) is 43.7 Å². The molecule has 1 amide bonds. The van der Waals surface area contributed by atoms with Crippen LogP contribution in [0.4, 0.5) is 5.13 Å². The third kappa shape index (κ3) is 5.00. The van der Waals surface area contributed by atoms with Crippen LogP contribution in [0.25, 0.3) is 10.2 Å². The maximum atomic E-state index is 12.6. The quantitative estimate of drug-likeness (QED) is 0.447. The van der Waals surface area contributed by atoms with Gasteiger partial charge in [0.1, 0.15) is 0 Å². The molecule has 0 spiro atoms. The molecule has 2 N–H and O–H groups in total. The predicted molar refractivity (Wildman–Crippen MR) is 135 cm³/mol. The van der Waals surface area contributed by atoms with Crippen LogP contribution in [-0.2, 0) is 9.59 Å². The zero-order valence-corrected chi connectivity index (χ0v) is 20.9. The van der Waals surface area contributed by atoms with Gasteiger partial charge in [0.25, 0.3) is 0 Å². The molecule has 4 rings (SSSR count). The Hall–Kier alpha value is -3.00. The Kier molecular flexibility index (Phi) is 6.93. The maximum absolute atomic E-state index is 12.6. The van der Waals surface area contributed by atoms with Crippen molar-refractivity contribution in [2.75, 3.05) is 11.1 Å². The second-order valence-electron chi connectivity index (χ2n) is 7.26. The van der Waals surface area contributed by atoms with E-state index in [9.17, 15) is 14.9 Å². The lowest BCUT2D eigenvalue weighted by molar-refractivity contribution is -0.114. The van der Waals surface area contributed by atoms with Crippen molar-refractivity contribution >= 4 is 66.1 Å². The minimum atomic E-state index is -0.532. The number of nitrogens with one attached hydrogen (secondary N) is 2. The van der Waals surface area contributed by atoms with E-state index in [0.717, 1.165) is 20.3 Å². The van der Waals surface area contributed by atoms with E-state index in [1.165, 1.54) is 30.0 Å². The number of carbonyl (C=O) groups excluding carboxylic acids is 2. The molecule has 33 heavy (non-hydrogen) atoms. The summed E-state index contributed by atoms with van der Waals surface area (Å²) in [5, 5.41) is 17.0. The summed E-state index contributed by atoms with van der Waals surface area (Å²) in [6.45, 7) is 3.29. The lowest BCUT2D eigenvalue weighted by Gasteiger charge is -2.29. The van der Waals surface area contributed by atoms with Gasteiger partial charge in [0, 0.05) is 28.1 Å². The number of rotatable bonds is 6. The fraction of sp³-hybridized carbons (Fsp3) is 0.174. The molecule has 1 aromatic carbocycles. The van der Waals surface area contributed by atoms with E-state index in [-0.39, 0.29) is 17.4 Å². The summed E-state index contributed by atoms with van der Waals surface area (Å²) in [6, 6.07) is 11.6. The number of hydrogen-bond acceptors (Lipinski definition) is 8. The number of anilines is 1. The van der Waals surface area contributed by atoms with E-state index < -0.39 is 5.92 Å². The molecule has 0 bridgehead atoms. The molecular weight excluding hydrogens is 522 g/mol. The highest BCUT2D eigenvalue weighted by Crippen LogP contribution is 2.40. The molecule has 166 valence electrons. The molecule has 1 aliphatic rings. The third-order valence-corrected chi connectivity index (χ3v) is 7.43. The van der Waals surface area contributed by atoms with Gasteiger partial charge < -0.3 is 10.6 Å². The molecule has 10 heteroatoms. The number of aromatic nitrogens is 2. The lowest BCUT2D eigenvalue weighted by atomic mass is 9.81. The first-order valence-electron chi connectivity index (χ1n) is 9.89. The van der Waals surface area contributed by atoms with Crippen molar-refractivity contribution in [3.63, 3.8) is 0 Å². The number of fused-ring (bicyclic) bond motifs is 1. The van der Waals surface area contributed by atoms with Gasteiger partial charge in [-0.1, -0.05) is 45.1 Å². The Morgan fingerprint density at radius 2 is 2.18 bits per heavy atom. The van der Waals surface area contributed by atoms with Gasteiger partial charge in [0.15, 0.2) is 10.9 Å².